The van der Waals surface area contributed by atoms with Crippen LogP contribution in [0.25, 0.3) is 0 Å². The van der Waals surface area contributed by atoms with E-state index < -0.39 is 0 Å². The van der Waals surface area contributed by atoms with Crippen LogP contribution in [-0.4, -0.2) is 18.6 Å². The average Bonchev–Trinajstić information content (AvgIpc) is 2.82. The van der Waals surface area contributed by atoms with Crippen LogP contribution < -0.4 is 5.32 Å². The van der Waals surface area contributed by atoms with Crippen molar-refractivity contribution in [1.29, 1.82) is 0 Å². The lowest BCUT2D eigenvalue weighted by atomic mass is 10.1. The average molecular weight is 298 g/mol. The molecule has 1 fully saturated rings. The molecule has 0 aliphatic carbocycles. The van der Waals surface area contributed by atoms with E-state index in [1.165, 1.54) is 5.56 Å². The third-order valence-corrected chi connectivity index (χ3v) is 3.48. The maximum Gasteiger partial charge on any atom is 0.226 e. The van der Waals surface area contributed by atoms with Crippen molar-refractivity contribution in [3.63, 3.8) is 0 Å². The molecule has 1 N–H and O–H groups in total. The zero-order valence-corrected chi connectivity index (χ0v) is 11.2. The molecule has 1 aliphatic rings. The van der Waals surface area contributed by atoms with Gasteiger partial charge in [-0.2, -0.15) is 0 Å². The standard InChI is InChI=1S/C13H16BrNO2/c14-9-10-3-5-11(6-4-10)15-13(16)8-12-2-1-7-17-12/h3-6,12H,1-2,7-9H2,(H,15,16). The molecule has 1 aromatic carbocycles. The first kappa shape index (κ1) is 12.6. The van der Waals surface area contributed by atoms with Gasteiger partial charge in [-0.15, -0.1) is 0 Å². The van der Waals surface area contributed by atoms with Crippen molar-refractivity contribution in [2.45, 2.75) is 30.7 Å². The predicted octanol–water partition coefficient (Wildman–Crippen LogP) is 3.09. The molecule has 1 aliphatic heterocycles. The van der Waals surface area contributed by atoms with E-state index in [0.29, 0.717) is 6.42 Å². The van der Waals surface area contributed by atoms with Crippen molar-refractivity contribution >= 4 is 27.5 Å². The SMILES string of the molecule is O=C(CC1CCCO1)Nc1ccc(CBr)cc1. The Bertz CT molecular complexity index is 372. The number of anilines is 1. The first-order valence-electron chi connectivity index (χ1n) is 5.84. The molecule has 1 heterocycles. The molecule has 0 radical (unpaired) electrons. The molecule has 2 rings (SSSR count). The van der Waals surface area contributed by atoms with Gasteiger partial charge in [-0.25, -0.2) is 0 Å². The van der Waals surface area contributed by atoms with Gasteiger partial charge < -0.3 is 10.1 Å². The van der Waals surface area contributed by atoms with Gasteiger partial charge in [0.2, 0.25) is 5.91 Å². The molecule has 0 spiro atoms. The van der Waals surface area contributed by atoms with Crippen LogP contribution in [0.5, 0.6) is 0 Å². The Morgan fingerprint density at radius 3 is 2.76 bits per heavy atom. The Morgan fingerprint density at radius 1 is 1.41 bits per heavy atom. The number of halogens is 1. The Hall–Kier alpha value is -0.870. The molecule has 92 valence electrons. The topological polar surface area (TPSA) is 38.3 Å². The summed E-state index contributed by atoms with van der Waals surface area (Å²) in [5, 5.41) is 3.72. The normalized spacial score (nSPS) is 19.2. The first-order valence-corrected chi connectivity index (χ1v) is 6.96. The second-order valence-electron chi connectivity index (χ2n) is 4.22. The summed E-state index contributed by atoms with van der Waals surface area (Å²) >= 11 is 3.39. The molecule has 0 saturated carbocycles. The number of alkyl halides is 1. The number of nitrogens with one attached hydrogen (secondary N) is 1. The molecule has 1 amide bonds. The van der Waals surface area contributed by atoms with Crippen molar-refractivity contribution in [3.8, 4) is 0 Å². The fourth-order valence-electron chi connectivity index (χ4n) is 1.90. The highest BCUT2D eigenvalue weighted by molar-refractivity contribution is 9.08. The summed E-state index contributed by atoms with van der Waals surface area (Å²) in [4.78, 5) is 11.7. The van der Waals surface area contributed by atoms with Gasteiger partial charge in [0, 0.05) is 17.6 Å². The molecule has 0 aromatic heterocycles. The molecule has 17 heavy (non-hydrogen) atoms. The molecular formula is C13H16BrNO2. The highest BCUT2D eigenvalue weighted by Gasteiger charge is 2.18. The highest BCUT2D eigenvalue weighted by Crippen LogP contribution is 2.17. The van der Waals surface area contributed by atoms with E-state index in [1.807, 2.05) is 24.3 Å². The summed E-state index contributed by atoms with van der Waals surface area (Å²) < 4.78 is 5.43. The summed E-state index contributed by atoms with van der Waals surface area (Å²) in [5.74, 6) is 0.0310. The molecule has 3 nitrogen and oxygen atoms in total. The minimum atomic E-state index is 0.0310. The van der Waals surface area contributed by atoms with Crippen molar-refractivity contribution < 1.29 is 9.53 Å². The van der Waals surface area contributed by atoms with Gasteiger partial charge in [-0.3, -0.25) is 4.79 Å². The molecule has 1 atom stereocenters. The molecule has 1 unspecified atom stereocenters. The predicted molar refractivity (Wildman–Crippen MR) is 71.3 cm³/mol. The fourth-order valence-corrected chi connectivity index (χ4v) is 2.28. The number of ether oxygens (including phenoxy) is 1. The Balaban J connectivity index is 1.84. The van der Waals surface area contributed by atoms with Crippen molar-refractivity contribution in [1.82, 2.24) is 0 Å². The van der Waals surface area contributed by atoms with E-state index in [-0.39, 0.29) is 12.0 Å². The minimum Gasteiger partial charge on any atom is -0.378 e. The highest BCUT2D eigenvalue weighted by atomic mass is 79.9. The fraction of sp³-hybridized carbons (Fsp3) is 0.462. The zero-order chi connectivity index (χ0) is 12.1. The molecule has 1 aromatic rings. The number of hydrogen-bond acceptors (Lipinski definition) is 2. The van der Waals surface area contributed by atoms with Crippen molar-refractivity contribution in [3.05, 3.63) is 29.8 Å². The van der Waals surface area contributed by atoms with E-state index in [0.717, 1.165) is 30.5 Å². The van der Waals surface area contributed by atoms with Crippen LogP contribution in [0, 0.1) is 0 Å². The third-order valence-electron chi connectivity index (χ3n) is 2.83. The Labute approximate surface area is 110 Å². The lowest BCUT2D eigenvalue weighted by molar-refractivity contribution is -0.118. The largest absolute Gasteiger partial charge is 0.378 e. The number of rotatable bonds is 4. The zero-order valence-electron chi connectivity index (χ0n) is 9.62. The van der Waals surface area contributed by atoms with E-state index in [1.54, 1.807) is 0 Å². The lowest BCUT2D eigenvalue weighted by Crippen LogP contribution is -2.19. The van der Waals surface area contributed by atoms with Crippen LogP contribution in [0.1, 0.15) is 24.8 Å². The van der Waals surface area contributed by atoms with Crippen LogP contribution in [-0.2, 0) is 14.9 Å². The van der Waals surface area contributed by atoms with Gasteiger partial charge >= 0.3 is 0 Å². The maximum atomic E-state index is 11.7. The number of hydrogen-bond donors (Lipinski definition) is 1. The van der Waals surface area contributed by atoms with Gasteiger partial charge in [-0.1, -0.05) is 28.1 Å². The van der Waals surface area contributed by atoms with Crippen LogP contribution in [0.4, 0.5) is 5.69 Å². The molecule has 1 saturated heterocycles. The van der Waals surface area contributed by atoms with Crippen LogP contribution in [0.3, 0.4) is 0 Å². The molecule has 0 bridgehead atoms. The van der Waals surface area contributed by atoms with Gasteiger partial charge in [0.15, 0.2) is 0 Å². The lowest BCUT2D eigenvalue weighted by Gasteiger charge is -2.10. The van der Waals surface area contributed by atoms with Gasteiger partial charge in [-0.05, 0) is 30.5 Å². The summed E-state index contributed by atoms with van der Waals surface area (Å²) in [5.41, 5.74) is 2.04. The quantitative estimate of drug-likeness (QED) is 0.868. The molecular weight excluding hydrogens is 282 g/mol. The smallest absolute Gasteiger partial charge is 0.226 e. The Kier molecular flexibility index (Phi) is 4.57. The van der Waals surface area contributed by atoms with Gasteiger partial charge in [0.25, 0.3) is 0 Å². The summed E-state index contributed by atoms with van der Waals surface area (Å²) in [6.07, 6.45) is 2.63. The number of carbonyl (C=O) groups excluding carboxylic acids is 1. The summed E-state index contributed by atoms with van der Waals surface area (Å²) in [7, 11) is 0. The van der Waals surface area contributed by atoms with Crippen molar-refractivity contribution in [2.75, 3.05) is 11.9 Å². The second kappa shape index (κ2) is 6.17. The van der Waals surface area contributed by atoms with E-state index >= 15 is 0 Å². The van der Waals surface area contributed by atoms with Gasteiger partial charge in [0.05, 0.1) is 12.5 Å². The van der Waals surface area contributed by atoms with Crippen LogP contribution in [0.2, 0.25) is 0 Å². The number of benzene rings is 1. The monoisotopic (exact) mass is 297 g/mol. The van der Waals surface area contributed by atoms with E-state index in [4.69, 9.17) is 4.74 Å². The van der Waals surface area contributed by atoms with Crippen LogP contribution in [0.15, 0.2) is 24.3 Å². The summed E-state index contributed by atoms with van der Waals surface area (Å²) in [6, 6.07) is 7.83. The third kappa shape index (κ3) is 3.82. The molecule has 4 heteroatoms. The Morgan fingerprint density at radius 2 is 2.18 bits per heavy atom. The van der Waals surface area contributed by atoms with Crippen LogP contribution >= 0.6 is 15.9 Å². The maximum absolute atomic E-state index is 11.7. The first-order chi connectivity index (χ1) is 8.28. The minimum absolute atomic E-state index is 0.0310. The van der Waals surface area contributed by atoms with Crippen molar-refractivity contribution in [2.24, 2.45) is 0 Å². The number of amides is 1. The number of carbonyl (C=O) groups is 1. The second-order valence-corrected chi connectivity index (χ2v) is 4.78. The van der Waals surface area contributed by atoms with E-state index in [9.17, 15) is 4.79 Å². The summed E-state index contributed by atoms with van der Waals surface area (Å²) in [6.45, 7) is 0.790. The van der Waals surface area contributed by atoms with Gasteiger partial charge in [0.1, 0.15) is 0 Å². The van der Waals surface area contributed by atoms with E-state index in [2.05, 4.69) is 21.2 Å².